The summed E-state index contributed by atoms with van der Waals surface area (Å²) in [5, 5.41) is 8.82. The van der Waals surface area contributed by atoms with Crippen LogP contribution in [0.3, 0.4) is 0 Å². The molecule has 20 heavy (non-hydrogen) atoms. The van der Waals surface area contributed by atoms with Crippen molar-refractivity contribution in [3.63, 3.8) is 0 Å². The lowest BCUT2D eigenvalue weighted by molar-refractivity contribution is 0.442. The first-order valence-corrected chi connectivity index (χ1v) is 6.80. The van der Waals surface area contributed by atoms with Gasteiger partial charge in [-0.25, -0.2) is 4.39 Å². The highest BCUT2D eigenvalue weighted by molar-refractivity contribution is 9.10. The molecule has 0 aliphatic heterocycles. The van der Waals surface area contributed by atoms with Gasteiger partial charge in [0, 0.05) is 0 Å². The number of hydrogen-bond donors (Lipinski definition) is 1. The topological polar surface area (TPSA) is 59.0 Å². The molecular weight excluding hydrogens is 323 g/mol. The van der Waals surface area contributed by atoms with E-state index in [1.54, 1.807) is 12.1 Å². The zero-order chi connectivity index (χ0) is 14.7. The van der Waals surface area contributed by atoms with E-state index in [9.17, 15) is 4.39 Å². The van der Waals surface area contributed by atoms with Crippen molar-refractivity contribution in [1.29, 1.82) is 5.26 Å². The van der Waals surface area contributed by atoms with Crippen LogP contribution >= 0.6 is 15.9 Å². The number of nitrogen functional groups attached to an aromatic ring is 1. The summed E-state index contributed by atoms with van der Waals surface area (Å²) in [6, 6.07) is 10.2. The van der Waals surface area contributed by atoms with Gasteiger partial charge in [-0.3, -0.25) is 0 Å². The molecule has 0 heterocycles. The van der Waals surface area contributed by atoms with Gasteiger partial charge in [0.25, 0.3) is 0 Å². The quantitative estimate of drug-likeness (QED) is 0.846. The van der Waals surface area contributed by atoms with Crippen LogP contribution in [0.1, 0.15) is 18.1 Å². The van der Waals surface area contributed by atoms with Crippen molar-refractivity contribution in [3.8, 4) is 17.6 Å². The molecule has 0 bridgehead atoms. The lowest BCUT2D eigenvalue weighted by Crippen LogP contribution is -1.96. The van der Waals surface area contributed by atoms with Gasteiger partial charge in [0.2, 0.25) is 0 Å². The van der Waals surface area contributed by atoms with Crippen LogP contribution in [0.2, 0.25) is 0 Å². The van der Waals surface area contributed by atoms with E-state index in [1.165, 1.54) is 12.1 Å². The maximum atomic E-state index is 14.0. The van der Waals surface area contributed by atoms with Crippen LogP contribution in [0.4, 0.5) is 10.1 Å². The molecule has 2 N–H and O–H groups in total. The molecule has 2 aromatic carbocycles. The predicted molar refractivity (Wildman–Crippen MR) is 79.1 cm³/mol. The molecule has 0 atom stereocenters. The standard InChI is InChI=1S/C15H12BrFN2O/c1-2-9-3-5-12(11(19)7-9)20-13-6-4-10(8-18)14(16)15(13)17/h3-7H,2,19H2,1H3. The predicted octanol–water partition coefficient (Wildman–Crippen LogP) is 4.40. The van der Waals surface area contributed by atoms with Gasteiger partial charge in [0.05, 0.1) is 15.7 Å². The van der Waals surface area contributed by atoms with E-state index in [1.807, 2.05) is 19.1 Å². The molecule has 0 aliphatic rings. The van der Waals surface area contributed by atoms with Gasteiger partial charge >= 0.3 is 0 Å². The van der Waals surface area contributed by atoms with Gasteiger partial charge in [-0.2, -0.15) is 5.26 Å². The van der Waals surface area contributed by atoms with E-state index in [4.69, 9.17) is 15.7 Å². The first kappa shape index (κ1) is 14.4. The molecule has 0 spiro atoms. The molecule has 0 saturated carbocycles. The van der Waals surface area contributed by atoms with Crippen molar-refractivity contribution in [3.05, 3.63) is 51.7 Å². The van der Waals surface area contributed by atoms with Crippen molar-refractivity contribution in [2.45, 2.75) is 13.3 Å². The number of hydrogen-bond acceptors (Lipinski definition) is 3. The number of rotatable bonds is 3. The van der Waals surface area contributed by atoms with Gasteiger partial charge in [0.1, 0.15) is 11.8 Å². The van der Waals surface area contributed by atoms with Crippen LogP contribution < -0.4 is 10.5 Å². The third-order valence-electron chi connectivity index (χ3n) is 2.87. The SMILES string of the molecule is CCc1ccc(Oc2ccc(C#N)c(Br)c2F)c(N)c1. The Labute approximate surface area is 124 Å². The molecule has 0 radical (unpaired) electrons. The lowest BCUT2D eigenvalue weighted by Gasteiger charge is -2.11. The van der Waals surface area contributed by atoms with Crippen molar-refractivity contribution in [1.82, 2.24) is 0 Å². The first-order valence-electron chi connectivity index (χ1n) is 6.01. The summed E-state index contributed by atoms with van der Waals surface area (Å²) in [7, 11) is 0. The minimum Gasteiger partial charge on any atom is -0.452 e. The molecule has 2 aromatic rings. The van der Waals surface area contributed by atoms with Crippen LogP contribution in [0.5, 0.6) is 11.5 Å². The fourth-order valence-corrected chi connectivity index (χ4v) is 2.14. The Morgan fingerprint density at radius 3 is 2.60 bits per heavy atom. The normalized spacial score (nSPS) is 10.1. The van der Waals surface area contributed by atoms with E-state index >= 15 is 0 Å². The maximum absolute atomic E-state index is 14.0. The molecular formula is C15H12BrFN2O. The minimum atomic E-state index is -0.622. The maximum Gasteiger partial charge on any atom is 0.181 e. The van der Waals surface area contributed by atoms with E-state index in [0.29, 0.717) is 11.4 Å². The van der Waals surface area contributed by atoms with Gasteiger partial charge in [0.15, 0.2) is 11.6 Å². The number of ether oxygens (including phenoxy) is 1. The van der Waals surface area contributed by atoms with Crippen molar-refractivity contribution >= 4 is 21.6 Å². The Morgan fingerprint density at radius 2 is 2.00 bits per heavy atom. The van der Waals surface area contributed by atoms with Crippen molar-refractivity contribution in [2.24, 2.45) is 0 Å². The van der Waals surface area contributed by atoms with Gasteiger partial charge in [-0.15, -0.1) is 0 Å². The number of anilines is 1. The summed E-state index contributed by atoms with van der Waals surface area (Å²) in [6.45, 7) is 2.02. The summed E-state index contributed by atoms with van der Waals surface area (Å²) < 4.78 is 19.6. The second-order valence-corrected chi connectivity index (χ2v) is 4.97. The molecule has 2 rings (SSSR count). The summed E-state index contributed by atoms with van der Waals surface area (Å²) >= 11 is 3.04. The summed E-state index contributed by atoms with van der Waals surface area (Å²) in [4.78, 5) is 0. The van der Waals surface area contributed by atoms with E-state index in [0.717, 1.165) is 12.0 Å². The van der Waals surface area contributed by atoms with Crippen LogP contribution in [0.25, 0.3) is 0 Å². The smallest absolute Gasteiger partial charge is 0.181 e. The molecule has 0 fully saturated rings. The van der Waals surface area contributed by atoms with E-state index < -0.39 is 5.82 Å². The Kier molecular flexibility index (Phi) is 4.26. The average Bonchev–Trinajstić information content (AvgIpc) is 2.46. The van der Waals surface area contributed by atoms with Gasteiger partial charge < -0.3 is 10.5 Å². The summed E-state index contributed by atoms with van der Waals surface area (Å²) in [6.07, 6.45) is 0.862. The summed E-state index contributed by atoms with van der Waals surface area (Å²) in [5.74, 6) is -0.215. The Hall–Kier alpha value is -2.06. The monoisotopic (exact) mass is 334 g/mol. The second kappa shape index (κ2) is 5.93. The summed E-state index contributed by atoms with van der Waals surface area (Å²) in [5.41, 5.74) is 7.62. The molecule has 5 heteroatoms. The van der Waals surface area contributed by atoms with Gasteiger partial charge in [-0.1, -0.05) is 13.0 Å². The highest BCUT2D eigenvalue weighted by Crippen LogP contribution is 2.34. The number of nitrogens with zero attached hydrogens (tertiary/aromatic N) is 1. The molecule has 0 saturated heterocycles. The molecule has 0 amide bonds. The van der Waals surface area contributed by atoms with Gasteiger partial charge in [-0.05, 0) is 52.2 Å². The highest BCUT2D eigenvalue weighted by Gasteiger charge is 2.14. The number of nitriles is 1. The highest BCUT2D eigenvalue weighted by atomic mass is 79.9. The number of halogens is 2. The van der Waals surface area contributed by atoms with E-state index in [-0.39, 0.29) is 15.8 Å². The van der Waals surface area contributed by atoms with Crippen LogP contribution in [-0.4, -0.2) is 0 Å². The fourth-order valence-electron chi connectivity index (χ4n) is 1.73. The van der Waals surface area contributed by atoms with Crippen LogP contribution in [0.15, 0.2) is 34.8 Å². The van der Waals surface area contributed by atoms with Crippen molar-refractivity contribution in [2.75, 3.05) is 5.73 Å². The van der Waals surface area contributed by atoms with Crippen LogP contribution in [0, 0.1) is 17.1 Å². The average molecular weight is 335 g/mol. The largest absolute Gasteiger partial charge is 0.452 e. The first-order chi connectivity index (χ1) is 9.56. The third kappa shape index (κ3) is 2.75. The fraction of sp³-hybridized carbons (Fsp3) is 0.133. The Balaban J connectivity index is 2.36. The molecule has 0 unspecified atom stereocenters. The van der Waals surface area contributed by atoms with Crippen molar-refractivity contribution < 1.29 is 9.13 Å². The molecule has 0 aromatic heterocycles. The Morgan fingerprint density at radius 1 is 1.30 bits per heavy atom. The molecule has 102 valence electrons. The lowest BCUT2D eigenvalue weighted by atomic mass is 10.1. The molecule has 0 aliphatic carbocycles. The number of aryl methyl sites for hydroxylation is 1. The number of nitrogens with two attached hydrogens (primary N) is 1. The zero-order valence-electron chi connectivity index (χ0n) is 10.8. The minimum absolute atomic E-state index is 0.0202. The van der Waals surface area contributed by atoms with Crippen LogP contribution in [-0.2, 0) is 6.42 Å². The second-order valence-electron chi connectivity index (χ2n) is 4.18. The zero-order valence-corrected chi connectivity index (χ0v) is 12.4. The van der Waals surface area contributed by atoms with E-state index in [2.05, 4.69) is 15.9 Å². The Bertz CT molecular complexity index is 695. The molecule has 3 nitrogen and oxygen atoms in total. The third-order valence-corrected chi connectivity index (χ3v) is 3.64. The number of benzene rings is 2.